The molecule has 1 aliphatic heterocycles. The number of amides is 4. The fourth-order valence-electron chi connectivity index (χ4n) is 4.62. The Morgan fingerprint density at radius 1 is 1.16 bits per heavy atom. The van der Waals surface area contributed by atoms with Crippen LogP contribution in [-0.4, -0.2) is 70.1 Å². The first-order valence-electron chi connectivity index (χ1n) is 12.2. The van der Waals surface area contributed by atoms with Gasteiger partial charge in [0.25, 0.3) is 5.91 Å². The van der Waals surface area contributed by atoms with Crippen molar-refractivity contribution < 1.29 is 33.9 Å². The predicted octanol–water partition coefficient (Wildman–Crippen LogP) is 2.23. The monoisotopic (exact) mass is 550 g/mol. The molecule has 5 atom stereocenters. The number of likely N-dealkylation sites (tertiary alicyclic amines) is 1. The van der Waals surface area contributed by atoms with Crippen LogP contribution in [0.25, 0.3) is 0 Å². The minimum absolute atomic E-state index is 0.149. The number of anilines is 1. The van der Waals surface area contributed by atoms with Crippen LogP contribution in [0.15, 0.2) is 18.2 Å². The fourth-order valence-corrected chi connectivity index (χ4v) is 4.84. The molecule has 11 nitrogen and oxygen atoms in total. The zero-order valence-corrected chi connectivity index (χ0v) is 23.1. The first-order valence-corrected chi connectivity index (χ1v) is 12.6. The highest BCUT2D eigenvalue weighted by Gasteiger charge is 2.48. The van der Waals surface area contributed by atoms with Crippen molar-refractivity contribution >= 4 is 53.2 Å². The number of carboxylic acids is 1. The fraction of sp³-hybridized carbons (Fsp3) is 0.538. The van der Waals surface area contributed by atoms with E-state index in [9.17, 15) is 28.8 Å². The molecule has 2 rings (SSSR count). The number of carbonyl (C=O) groups is 6. The molecule has 1 saturated heterocycles. The summed E-state index contributed by atoms with van der Waals surface area (Å²) in [4.78, 5) is 75.3. The highest BCUT2D eigenvalue weighted by atomic mass is 35.5. The van der Waals surface area contributed by atoms with Gasteiger partial charge >= 0.3 is 5.97 Å². The number of benzene rings is 1. The molecule has 38 heavy (non-hydrogen) atoms. The summed E-state index contributed by atoms with van der Waals surface area (Å²) in [5, 5.41) is 16.9. The van der Waals surface area contributed by atoms with E-state index in [-0.39, 0.29) is 28.5 Å². The van der Waals surface area contributed by atoms with Gasteiger partial charge in [-0.2, -0.15) is 0 Å². The third-order valence-electron chi connectivity index (χ3n) is 6.37. The Bertz CT molecular complexity index is 1120. The lowest BCUT2D eigenvalue weighted by molar-refractivity contribution is -0.145. The highest BCUT2D eigenvalue weighted by Crippen LogP contribution is 2.33. The van der Waals surface area contributed by atoms with E-state index in [1.54, 1.807) is 34.6 Å². The second-order valence-electron chi connectivity index (χ2n) is 10.7. The number of rotatable bonds is 9. The third-order valence-corrected chi connectivity index (χ3v) is 6.68. The molecule has 1 heterocycles. The topological polar surface area (TPSA) is 162 Å². The average Bonchev–Trinajstić information content (AvgIpc) is 3.09. The van der Waals surface area contributed by atoms with Crippen LogP contribution in [0.5, 0.6) is 0 Å². The molecule has 0 saturated carbocycles. The van der Waals surface area contributed by atoms with Crippen molar-refractivity contribution in [2.75, 3.05) is 5.32 Å². The van der Waals surface area contributed by atoms with E-state index in [4.69, 9.17) is 16.7 Å². The highest BCUT2D eigenvalue weighted by molar-refractivity contribution is 6.34. The lowest BCUT2D eigenvalue weighted by Gasteiger charge is -2.37. The molecule has 1 fully saturated rings. The first kappa shape index (κ1) is 30.8. The Balaban J connectivity index is 2.32. The number of nitrogens with zero attached hydrogens (tertiary/aromatic N) is 1. The number of nitrogens with one attached hydrogen (secondary N) is 3. The summed E-state index contributed by atoms with van der Waals surface area (Å²) in [6.07, 6.45) is 0.269. The number of carboxylic acid groups (broad SMARTS) is 1. The molecule has 1 aliphatic rings. The summed E-state index contributed by atoms with van der Waals surface area (Å²) >= 11 is 6.21. The van der Waals surface area contributed by atoms with Gasteiger partial charge in [0, 0.05) is 18.5 Å². The summed E-state index contributed by atoms with van der Waals surface area (Å²) in [5.41, 5.74) is -0.247. The van der Waals surface area contributed by atoms with Gasteiger partial charge in [-0.1, -0.05) is 39.3 Å². The van der Waals surface area contributed by atoms with E-state index < -0.39 is 53.7 Å². The van der Waals surface area contributed by atoms with E-state index in [2.05, 4.69) is 16.0 Å². The molecule has 1 aromatic rings. The number of halogens is 1. The second kappa shape index (κ2) is 12.4. The zero-order valence-electron chi connectivity index (χ0n) is 22.3. The van der Waals surface area contributed by atoms with Crippen molar-refractivity contribution in [3.8, 4) is 0 Å². The van der Waals surface area contributed by atoms with Gasteiger partial charge < -0.3 is 30.8 Å². The molecule has 12 heteroatoms. The smallest absolute Gasteiger partial charge is 0.305 e. The summed E-state index contributed by atoms with van der Waals surface area (Å²) < 4.78 is 0. The Morgan fingerprint density at radius 2 is 1.79 bits per heavy atom. The van der Waals surface area contributed by atoms with Gasteiger partial charge in [0.1, 0.15) is 18.4 Å². The normalized spacial score (nSPS) is 20.7. The maximum atomic E-state index is 13.9. The first-order chi connectivity index (χ1) is 17.6. The largest absolute Gasteiger partial charge is 0.481 e. The number of hydrogen-bond donors (Lipinski definition) is 4. The molecule has 1 aromatic carbocycles. The van der Waals surface area contributed by atoms with E-state index in [0.717, 1.165) is 0 Å². The van der Waals surface area contributed by atoms with Gasteiger partial charge in [0.05, 0.1) is 23.2 Å². The van der Waals surface area contributed by atoms with Gasteiger partial charge in [0.2, 0.25) is 17.7 Å². The van der Waals surface area contributed by atoms with Crippen molar-refractivity contribution in [1.82, 2.24) is 15.5 Å². The van der Waals surface area contributed by atoms with Gasteiger partial charge in [-0.05, 0) is 42.9 Å². The standard InChI is InChI=1S/C26H35ClN4O7/c1-13-9-14(2)31(21(13)24(37)29-17(12-32)11-20(34)35)25(38)22(26(4,5)6)30-23(36)16-7-8-19(18(27)10-16)28-15(3)33/h7-8,10,12-14,17,21-22H,9,11H2,1-6H3,(H,28,33)(H,29,37)(H,30,36)(H,34,35)/t13?,14?,17-,21?,22?/m0/s1. The van der Waals surface area contributed by atoms with Crippen molar-refractivity contribution in [3.05, 3.63) is 28.8 Å². The maximum Gasteiger partial charge on any atom is 0.305 e. The molecular weight excluding hydrogens is 516 g/mol. The number of aliphatic carboxylic acids is 1. The molecule has 208 valence electrons. The minimum Gasteiger partial charge on any atom is -0.481 e. The van der Waals surface area contributed by atoms with Crippen molar-refractivity contribution in [2.24, 2.45) is 11.3 Å². The van der Waals surface area contributed by atoms with Crippen LogP contribution in [0.1, 0.15) is 64.7 Å². The van der Waals surface area contributed by atoms with Crippen LogP contribution < -0.4 is 16.0 Å². The average molecular weight is 551 g/mol. The maximum absolute atomic E-state index is 13.9. The molecular formula is C26H35ClN4O7. The van der Waals surface area contributed by atoms with Crippen LogP contribution in [0.3, 0.4) is 0 Å². The van der Waals surface area contributed by atoms with Crippen molar-refractivity contribution in [3.63, 3.8) is 0 Å². The summed E-state index contributed by atoms with van der Waals surface area (Å²) in [6, 6.07) is 0.756. The van der Waals surface area contributed by atoms with E-state index in [1.165, 1.54) is 30.0 Å². The lowest BCUT2D eigenvalue weighted by Crippen LogP contribution is -2.60. The zero-order chi connectivity index (χ0) is 28.9. The van der Waals surface area contributed by atoms with Crippen LogP contribution in [0, 0.1) is 11.3 Å². The van der Waals surface area contributed by atoms with E-state index >= 15 is 0 Å². The van der Waals surface area contributed by atoms with E-state index in [0.29, 0.717) is 18.4 Å². The van der Waals surface area contributed by atoms with Crippen LogP contribution in [-0.2, 0) is 24.0 Å². The number of carbonyl (C=O) groups excluding carboxylic acids is 5. The van der Waals surface area contributed by atoms with E-state index in [1.807, 2.05) is 0 Å². The SMILES string of the molecule is CC(=O)Nc1ccc(C(=O)NC(C(=O)N2C(C)CC(C)C2C(=O)N[C@H](C=O)CC(=O)O)C(C)(C)C)cc1Cl. The van der Waals surface area contributed by atoms with Crippen LogP contribution in [0.4, 0.5) is 5.69 Å². The molecule has 4 amide bonds. The van der Waals surface area contributed by atoms with Gasteiger partial charge in [-0.25, -0.2) is 0 Å². The minimum atomic E-state index is -1.25. The molecule has 0 radical (unpaired) electrons. The van der Waals surface area contributed by atoms with Gasteiger partial charge in [0.15, 0.2) is 0 Å². The second-order valence-corrected chi connectivity index (χ2v) is 11.2. The third kappa shape index (κ3) is 7.53. The lowest BCUT2D eigenvalue weighted by atomic mass is 9.85. The van der Waals surface area contributed by atoms with Crippen molar-refractivity contribution in [1.29, 1.82) is 0 Å². The molecule has 0 bridgehead atoms. The molecule has 0 spiro atoms. The number of hydrogen-bond acceptors (Lipinski definition) is 6. The Morgan fingerprint density at radius 3 is 2.29 bits per heavy atom. The quantitative estimate of drug-likeness (QED) is 0.343. The van der Waals surface area contributed by atoms with Gasteiger partial charge in [-0.3, -0.25) is 24.0 Å². The summed E-state index contributed by atoms with van der Waals surface area (Å²) in [6.45, 7) is 10.2. The Hall–Kier alpha value is -3.47. The van der Waals surface area contributed by atoms with Crippen LogP contribution >= 0.6 is 11.6 Å². The molecule has 4 unspecified atom stereocenters. The molecule has 0 aromatic heterocycles. The van der Waals surface area contributed by atoms with Crippen LogP contribution in [0.2, 0.25) is 5.02 Å². The summed E-state index contributed by atoms with van der Waals surface area (Å²) in [5.74, 6) is -3.53. The van der Waals surface area contributed by atoms with Crippen molar-refractivity contribution in [2.45, 2.75) is 78.6 Å². The predicted molar refractivity (Wildman–Crippen MR) is 141 cm³/mol. The number of aldehydes is 1. The Labute approximate surface area is 226 Å². The van der Waals surface area contributed by atoms with Gasteiger partial charge in [-0.15, -0.1) is 0 Å². The molecule has 4 N–H and O–H groups in total. The molecule has 0 aliphatic carbocycles. The Kier molecular flexibility index (Phi) is 10.0. The summed E-state index contributed by atoms with van der Waals surface area (Å²) in [7, 11) is 0.